The fourth-order valence-electron chi connectivity index (χ4n) is 1.24. The fraction of sp³-hybridized carbons (Fsp3) is 0.444. The predicted molar refractivity (Wildman–Crippen MR) is 47.2 cm³/mol. The third kappa shape index (κ3) is 1.22. The number of ether oxygens (including phenoxy) is 1. The molecule has 1 aromatic heterocycles. The molecule has 0 aliphatic heterocycles. The Kier molecular flexibility index (Phi) is 1.64. The highest BCUT2D eigenvalue weighted by atomic mass is 16.5. The molecule has 0 unspecified atom stereocenters. The second kappa shape index (κ2) is 2.66. The maximum absolute atomic E-state index is 5.63. The van der Waals surface area contributed by atoms with E-state index in [9.17, 15) is 0 Å². The number of anilines is 1. The van der Waals surface area contributed by atoms with Crippen molar-refractivity contribution in [1.82, 2.24) is 4.98 Å². The maximum Gasteiger partial charge on any atom is 0.145 e. The van der Waals surface area contributed by atoms with Crippen LogP contribution in [0.5, 0.6) is 5.75 Å². The summed E-state index contributed by atoms with van der Waals surface area (Å²) >= 11 is 0. The Morgan fingerprint density at radius 2 is 2.33 bits per heavy atom. The van der Waals surface area contributed by atoms with E-state index >= 15 is 0 Å². The molecule has 64 valence electrons. The molecule has 1 aromatic rings. The van der Waals surface area contributed by atoms with Crippen LogP contribution in [-0.4, -0.2) is 12.1 Å². The normalized spacial score (nSPS) is 16.1. The van der Waals surface area contributed by atoms with Gasteiger partial charge in [0.05, 0.1) is 19.0 Å². The van der Waals surface area contributed by atoms with Crippen LogP contribution in [0.15, 0.2) is 12.3 Å². The largest absolute Gasteiger partial charge is 0.494 e. The predicted octanol–water partition coefficient (Wildman–Crippen LogP) is 1.55. The molecule has 0 radical (unpaired) electrons. The second-order valence-electron chi connectivity index (χ2n) is 3.13. The average molecular weight is 164 g/mol. The number of nitrogen functional groups attached to an aromatic ring is 1. The van der Waals surface area contributed by atoms with Crippen molar-refractivity contribution < 1.29 is 4.74 Å². The lowest BCUT2D eigenvalue weighted by Crippen LogP contribution is -1.95. The minimum absolute atomic E-state index is 0.613. The lowest BCUT2D eigenvalue weighted by molar-refractivity contribution is 0.416. The van der Waals surface area contributed by atoms with Gasteiger partial charge in [0.1, 0.15) is 5.75 Å². The molecular formula is C9H12N2O. The van der Waals surface area contributed by atoms with Gasteiger partial charge in [-0.3, -0.25) is 4.98 Å². The smallest absolute Gasteiger partial charge is 0.145 e. The molecule has 0 bridgehead atoms. The van der Waals surface area contributed by atoms with Crippen LogP contribution in [0.2, 0.25) is 0 Å². The molecule has 1 aliphatic rings. The number of methoxy groups -OCH3 is 1. The van der Waals surface area contributed by atoms with Gasteiger partial charge >= 0.3 is 0 Å². The molecule has 1 saturated carbocycles. The van der Waals surface area contributed by atoms with Crippen molar-refractivity contribution in [3.05, 3.63) is 18.0 Å². The van der Waals surface area contributed by atoms with Crippen LogP contribution in [0.1, 0.15) is 24.5 Å². The molecule has 1 aliphatic carbocycles. The minimum Gasteiger partial charge on any atom is -0.494 e. The zero-order valence-electron chi connectivity index (χ0n) is 7.08. The van der Waals surface area contributed by atoms with Gasteiger partial charge in [-0.05, 0) is 12.8 Å². The van der Waals surface area contributed by atoms with Crippen LogP contribution in [0.25, 0.3) is 0 Å². The summed E-state index contributed by atoms with van der Waals surface area (Å²) in [7, 11) is 1.63. The third-order valence-electron chi connectivity index (χ3n) is 2.13. The van der Waals surface area contributed by atoms with E-state index in [1.807, 2.05) is 6.07 Å². The van der Waals surface area contributed by atoms with Gasteiger partial charge in [0.25, 0.3) is 0 Å². The first-order valence-electron chi connectivity index (χ1n) is 4.10. The van der Waals surface area contributed by atoms with Crippen molar-refractivity contribution in [2.24, 2.45) is 0 Å². The Labute approximate surface area is 71.6 Å². The Morgan fingerprint density at radius 1 is 1.58 bits per heavy atom. The van der Waals surface area contributed by atoms with E-state index in [1.54, 1.807) is 13.3 Å². The van der Waals surface area contributed by atoms with E-state index < -0.39 is 0 Å². The fourth-order valence-corrected chi connectivity index (χ4v) is 1.24. The minimum atomic E-state index is 0.613. The monoisotopic (exact) mass is 164 g/mol. The van der Waals surface area contributed by atoms with Gasteiger partial charge < -0.3 is 10.5 Å². The first kappa shape index (κ1) is 7.40. The standard InChI is InChI=1S/C9H12N2O/c1-12-9-4-8(6-2-3-6)11-5-7(9)10/h4-6H,2-3,10H2,1H3. The van der Waals surface area contributed by atoms with Crippen LogP contribution in [0.4, 0.5) is 5.69 Å². The number of hydrogen-bond donors (Lipinski definition) is 1. The number of pyridine rings is 1. The topological polar surface area (TPSA) is 48.1 Å². The Hall–Kier alpha value is -1.25. The lowest BCUT2D eigenvalue weighted by Gasteiger charge is -2.05. The van der Waals surface area contributed by atoms with Crippen molar-refractivity contribution in [3.63, 3.8) is 0 Å². The van der Waals surface area contributed by atoms with Gasteiger partial charge in [-0.2, -0.15) is 0 Å². The highest BCUT2D eigenvalue weighted by Crippen LogP contribution is 2.40. The quantitative estimate of drug-likeness (QED) is 0.721. The summed E-state index contributed by atoms with van der Waals surface area (Å²) in [5.41, 5.74) is 7.36. The second-order valence-corrected chi connectivity index (χ2v) is 3.13. The molecule has 0 spiro atoms. The molecule has 3 heteroatoms. The number of nitrogens with two attached hydrogens (primary N) is 1. The molecular weight excluding hydrogens is 152 g/mol. The number of aromatic nitrogens is 1. The molecule has 0 atom stereocenters. The third-order valence-corrected chi connectivity index (χ3v) is 2.13. The van der Waals surface area contributed by atoms with Gasteiger partial charge in [-0.15, -0.1) is 0 Å². The summed E-state index contributed by atoms with van der Waals surface area (Å²) in [6, 6.07) is 1.94. The lowest BCUT2D eigenvalue weighted by atomic mass is 10.2. The first-order chi connectivity index (χ1) is 5.81. The number of hydrogen-bond acceptors (Lipinski definition) is 3. The van der Waals surface area contributed by atoms with E-state index in [1.165, 1.54) is 12.8 Å². The number of rotatable bonds is 2. The van der Waals surface area contributed by atoms with Crippen molar-refractivity contribution >= 4 is 5.69 Å². The van der Waals surface area contributed by atoms with E-state index in [4.69, 9.17) is 10.5 Å². The van der Waals surface area contributed by atoms with Crippen LogP contribution in [0.3, 0.4) is 0 Å². The molecule has 0 aromatic carbocycles. The van der Waals surface area contributed by atoms with Gasteiger partial charge in [-0.25, -0.2) is 0 Å². The van der Waals surface area contributed by atoms with Gasteiger partial charge in [0.2, 0.25) is 0 Å². The van der Waals surface area contributed by atoms with Crippen molar-refractivity contribution in [3.8, 4) is 5.75 Å². The maximum atomic E-state index is 5.63. The molecule has 0 amide bonds. The zero-order valence-corrected chi connectivity index (χ0v) is 7.08. The summed E-state index contributed by atoms with van der Waals surface area (Å²) in [6.07, 6.45) is 4.17. The van der Waals surface area contributed by atoms with E-state index in [0.29, 0.717) is 11.6 Å². The van der Waals surface area contributed by atoms with Gasteiger partial charge in [0.15, 0.2) is 0 Å². The highest BCUT2D eigenvalue weighted by molar-refractivity contribution is 5.51. The Bertz CT molecular complexity index is 295. The average Bonchev–Trinajstić information content (AvgIpc) is 2.88. The SMILES string of the molecule is COc1cc(C2CC2)ncc1N. The van der Waals surface area contributed by atoms with Gasteiger partial charge in [0, 0.05) is 17.7 Å². The van der Waals surface area contributed by atoms with E-state index in [-0.39, 0.29) is 0 Å². The Morgan fingerprint density at radius 3 is 2.92 bits per heavy atom. The molecule has 0 saturated heterocycles. The highest BCUT2D eigenvalue weighted by Gasteiger charge is 2.25. The van der Waals surface area contributed by atoms with Crippen LogP contribution in [-0.2, 0) is 0 Å². The molecule has 1 fully saturated rings. The summed E-state index contributed by atoms with van der Waals surface area (Å²) in [5.74, 6) is 1.39. The molecule has 12 heavy (non-hydrogen) atoms. The van der Waals surface area contributed by atoms with Gasteiger partial charge in [-0.1, -0.05) is 0 Å². The van der Waals surface area contributed by atoms with Crippen molar-refractivity contribution in [2.45, 2.75) is 18.8 Å². The van der Waals surface area contributed by atoms with Crippen molar-refractivity contribution in [1.29, 1.82) is 0 Å². The zero-order chi connectivity index (χ0) is 8.55. The molecule has 1 heterocycles. The van der Waals surface area contributed by atoms with E-state index in [2.05, 4.69) is 4.98 Å². The molecule has 2 N–H and O–H groups in total. The Balaban J connectivity index is 2.33. The summed E-state index contributed by atoms with van der Waals surface area (Å²) < 4.78 is 5.10. The summed E-state index contributed by atoms with van der Waals surface area (Å²) in [5, 5.41) is 0. The molecule has 3 nitrogen and oxygen atoms in total. The molecule has 2 rings (SSSR count). The van der Waals surface area contributed by atoms with Crippen molar-refractivity contribution in [2.75, 3.05) is 12.8 Å². The summed E-state index contributed by atoms with van der Waals surface area (Å²) in [6.45, 7) is 0. The number of nitrogens with zero attached hydrogens (tertiary/aromatic N) is 1. The first-order valence-corrected chi connectivity index (χ1v) is 4.10. The summed E-state index contributed by atoms with van der Waals surface area (Å²) in [4.78, 5) is 4.24. The van der Waals surface area contributed by atoms with Crippen LogP contribution >= 0.6 is 0 Å². The van der Waals surface area contributed by atoms with E-state index in [0.717, 1.165) is 11.4 Å². The van der Waals surface area contributed by atoms with Crippen LogP contribution < -0.4 is 10.5 Å². The van der Waals surface area contributed by atoms with Crippen LogP contribution in [0, 0.1) is 0 Å².